The number of nitriles is 2. The fraction of sp³-hybridized carbons (Fsp3) is 0.400. The van der Waals surface area contributed by atoms with Crippen molar-refractivity contribution in [2.75, 3.05) is 17.2 Å². The standard InChI is InChI=1S/C25H25N5O3S/c1-2-3-4-11-33-17-9-7-16(8-10-17)30-21(31)12-20(25(30)32)34-24-19(14-27)22(15-5-6-15)18(13-26)23(28)29-24/h7-10,15,20H,2-6,11-12H2,1H3,(H2,28,29)/t20-/m0/s1. The Morgan fingerprint density at radius 3 is 2.47 bits per heavy atom. The fourth-order valence-electron chi connectivity index (χ4n) is 4.03. The van der Waals surface area contributed by atoms with E-state index in [1.165, 1.54) is 4.90 Å². The Labute approximate surface area is 202 Å². The summed E-state index contributed by atoms with van der Waals surface area (Å²) >= 11 is 1.06. The Morgan fingerprint density at radius 2 is 1.85 bits per heavy atom. The lowest BCUT2D eigenvalue weighted by Gasteiger charge is -2.16. The van der Waals surface area contributed by atoms with E-state index in [0.29, 0.717) is 28.6 Å². The van der Waals surface area contributed by atoms with Gasteiger partial charge in [0.25, 0.3) is 0 Å². The molecule has 2 N–H and O–H groups in total. The van der Waals surface area contributed by atoms with Gasteiger partial charge in [-0.15, -0.1) is 0 Å². The summed E-state index contributed by atoms with van der Waals surface area (Å²) in [6, 6.07) is 11.1. The Bertz CT molecular complexity index is 1200. The van der Waals surface area contributed by atoms with Crippen molar-refractivity contribution in [2.24, 2.45) is 0 Å². The van der Waals surface area contributed by atoms with Gasteiger partial charge in [-0.1, -0.05) is 31.5 Å². The second-order valence-electron chi connectivity index (χ2n) is 8.39. The maximum Gasteiger partial charge on any atom is 0.247 e. The largest absolute Gasteiger partial charge is 0.494 e. The minimum atomic E-state index is -0.726. The molecule has 2 heterocycles. The van der Waals surface area contributed by atoms with Gasteiger partial charge in [0.2, 0.25) is 11.8 Å². The summed E-state index contributed by atoms with van der Waals surface area (Å²) < 4.78 is 5.70. The maximum atomic E-state index is 13.1. The molecule has 2 amide bonds. The number of carbonyl (C=O) groups excluding carboxylic acids is 2. The highest BCUT2D eigenvalue weighted by Crippen LogP contribution is 2.47. The molecular weight excluding hydrogens is 450 g/mol. The third kappa shape index (κ3) is 4.71. The zero-order valence-corrected chi connectivity index (χ0v) is 19.7. The van der Waals surface area contributed by atoms with Crippen molar-refractivity contribution in [3.63, 3.8) is 0 Å². The molecule has 4 rings (SSSR count). The zero-order valence-electron chi connectivity index (χ0n) is 18.9. The molecule has 0 unspecified atom stereocenters. The average Bonchev–Trinajstić information content (AvgIpc) is 3.63. The molecule has 34 heavy (non-hydrogen) atoms. The van der Waals surface area contributed by atoms with Crippen LogP contribution in [-0.2, 0) is 9.59 Å². The van der Waals surface area contributed by atoms with E-state index in [-0.39, 0.29) is 41.1 Å². The van der Waals surface area contributed by atoms with Crippen molar-refractivity contribution in [3.8, 4) is 17.9 Å². The molecule has 8 nitrogen and oxygen atoms in total. The van der Waals surface area contributed by atoms with Gasteiger partial charge in [-0.3, -0.25) is 9.59 Å². The summed E-state index contributed by atoms with van der Waals surface area (Å²) in [5, 5.41) is 18.9. The lowest BCUT2D eigenvalue weighted by atomic mass is 10.0. The van der Waals surface area contributed by atoms with Crippen LogP contribution >= 0.6 is 11.8 Å². The lowest BCUT2D eigenvalue weighted by molar-refractivity contribution is -0.121. The molecule has 0 spiro atoms. The van der Waals surface area contributed by atoms with Gasteiger partial charge in [-0.2, -0.15) is 10.5 Å². The van der Waals surface area contributed by atoms with Crippen molar-refractivity contribution >= 4 is 35.1 Å². The number of thioether (sulfide) groups is 1. The summed E-state index contributed by atoms with van der Waals surface area (Å²) in [6.07, 6.45) is 4.94. The summed E-state index contributed by atoms with van der Waals surface area (Å²) in [5.41, 5.74) is 7.61. The summed E-state index contributed by atoms with van der Waals surface area (Å²) in [4.78, 5) is 31.3. The first-order valence-electron chi connectivity index (χ1n) is 11.4. The van der Waals surface area contributed by atoms with E-state index in [0.717, 1.165) is 43.9 Å². The number of carbonyl (C=O) groups is 2. The molecule has 1 aliphatic heterocycles. The van der Waals surface area contributed by atoms with E-state index in [9.17, 15) is 20.1 Å². The van der Waals surface area contributed by atoms with Crippen LogP contribution in [-0.4, -0.2) is 28.7 Å². The average molecular weight is 476 g/mol. The number of hydrogen-bond donors (Lipinski definition) is 1. The number of imide groups is 1. The highest BCUT2D eigenvalue weighted by molar-refractivity contribution is 8.00. The van der Waals surface area contributed by atoms with Crippen molar-refractivity contribution < 1.29 is 14.3 Å². The van der Waals surface area contributed by atoms with E-state index < -0.39 is 5.25 Å². The highest BCUT2D eigenvalue weighted by Gasteiger charge is 2.41. The van der Waals surface area contributed by atoms with Crippen molar-refractivity contribution in [1.29, 1.82) is 10.5 Å². The van der Waals surface area contributed by atoms with Gasteiger partial charge in [0.15, 0.2) is 0 Å². The molecule has 1 aromatic carbocycles. The molecule has 2 aliphatic rings. The molecule has 9 heteroatoms. The SMILES string of the molecule is CCCCCOc1ccc(N2C(=O)C[C@H](Sc3nc(N)c(C#N)c(C4CC4)c3C#N)C2=O)cc1. The number of benzene rings is 1. The zero-order chi connectivity index (χ0) is 24.2. The van der Waals surface area contributed by atoms with Crippen LogP contribution in [0.1, 0.15) is 68.1 Å². The quantitative estimate of drug-likeness (QED) is 0.420. The first kappa shape index (κ1) is 23.6. The topological polar surface area (TPSA) is 133 Å². The van der Waals surface area contributed by atoms with Crippen LogP contribution < -0.4 is 15.4 Å². The number of unbranched alkanes of at least 4 members (excludes halogenated alkanes) is 2. The maximum absolute atomic E-state index is 13.1. The van der Waals surface area contributed by atoms with Gasteiger partial charge in [-0.05, 0) is 55.0 Å². The van der Waals surface area contributed by atoms with Crippen LogP contribution in [0.4, 0.5) is 11.5 Å². The van der Waals surface area contributed by atoms with E-state index >= 15 is 0 Å². The van der Waals surface area contributed by atoms with Gasteiger partial charge < -0.3 is 10.5 Å². The van der Waals surface area contributed by atoms with Crippen LogP contribution in [0.2, 0.25) is 0 Å². The van der Waals surface area contributed by atoms with Crippen molar-refractivity contribution in [2.45, 2.75) is 61.6 Å². The molecule has 1 atom stereocenters. The van der Waals surface area contributed by atoms with E-state index in [1.807, 2.05) is 0 Å². The molecular formula is C25H25N5O3S. The summed E-state index contributed by atoms with van der Waals surface area (Å²) in [6.45, 7) is 2.75. The Morgan fingerprint density at radius 1 is 1.15 bits per heavy atom. The number of hydrogen-bond acceptors (Lipinski definition) is 8. The minimum absolute atomic E-state index is 0.00993. The van der Waals surface area contributed by atoms with Crippen molar-refractivity contribution in [1.82, 2.24) is 4.98 Å². The highest BCUT2D eigenvalue weighted by atomic mass is 32.2. The van der Waals surface area contributed by atoms with Gasteiger partial charge >= 0.3 is 0 Å². The Hall–Kier alpha value is -3.56. The van der Waals surface area contributed by atoms with Crippen molar-refractivity contribution in [3.05, 3.63) is 41.0 Å². The van der Waals surface area contributed by atoms with Crippen LogP contribution in [0.15, 0.2) is 29.3 Å². The first-order chi connectivity index (χ1) is 16.5. The number of amides is 2. The number of aromatic nitrogens is 1. The number of anilines is 2. The van der Waals surface area contributed by atoms with Gasteiger partial charge in [0, 0.05) is 6.42 Å². The molecule has 0 bridgehead atoms. The number of nitrogen functional groups attached to an aromatic ring is 1. The lowest BCUT2D eigenvalue weighted by Crippen LogP contribution is -2.31. The van der Waals surface area contributed by atoms with Gasteiger partial charge in [0.1, 0.15) is 28.7 Å². The second kappa shape index (κ2) is 10.1. The fourth-order valence-corrected chi connectivity index (χ4v) is 5.15. The molecule has 2 fully saturated rings. The summed E-state index contributed by atoms with van der Waals surface area (Å²) in [7, 11) is 0. The molecule has 2 aromatic rings. The van der Waals surface area contributed by atoms with Crippen LogP contribution in [0.5, 0.6) is 5.75 Å². The summed E-state index contributed by atoms with van der Waals surface area (Å²) in [5.74, 6) is 0.159. The molecule has 174 valence electrons. The molecule has 1 saturated heterocycles. The van der Waals surface area contributed by atoms with E-state index in [4.69, 9.17) is 10.5 Å². The monoisotopic (exact) mass is 475 g/mol. The van der Waals surface area contributed by atoms with Crippen LogP contribution in [0.25, 0.3) is 0 Å². The Balaban J connectivity index is 1.52. The molecule has 1 saturated carbocycles. The molecule has 0 radical (unpaired) electrons. The van der Waals surface area contributed by atoms with Crippen LogP contribution in [0.3, 0.4) is 0 Å². The smallest absolute Gasteiger partial charge is 0.247 e. The third-order valence-electron chi connectivity index (χ3n) is 5.91. The Kier molecular flexibility index (Phi) is 7.04. The number of pyridine rings is 1. The van der Waals surface area contributed by atoms with E-state index in [1.54, 1.807) is 24.3 Å². The number of nitrogens with zero attached hydrogens (tertiary/aromatic N) is 4. The number of nitrogens with two attached hydrogens (primary N) is 1. The third-order valence-corrected chi connectivity index (χ3v) is 7.08. The van der Waals surface area contributed by atoms with Crippen LogP contribution in [0, 0.1) is 22.7 Å². The normalized spacial score (nSPS) is 17.5. The van der Waals surface area contributed by atoms with E-state index in [2.05, 4.69) is 24.0 Å². The second-order valence-corrected chi connectivity index (χ2v) is 9.58. The predicted molar refractivity (Wildman–Crippen MR) is 128 cm³/mol. The minimum Gasteiger partial charge on any atom is -0.494 e. The molecule has 1 aromatic heterocycles. The number of rotatable bonds is 9. The number of ether oxygens (including phenoxy) is 1. The first-order valence-corrected chi connectivity index (χ1v) is 12.3. The predicted octanol–water partition coefficient (Wildman–Crippen LogP) is 4.28. The van der Waals surface area contributed by atoms with Gasteiger partial charge in [-0.25, -0.2) is 9.88 Å². The molecule has 1 aliphatic carbocycles. The van der Waals surface area contributed by atoms with Gasteiger partial charge in [0.05, 0.1) is 28.7 Å².